The number of amides is 2. The standard InChI is InChI=1S/C58H77N5O12/c1-31(2)30-63-23-21-58(22-24-63)61-47-44-45-52(68)36(7)54-46(44)55(70)57(8,75-54)73-25-20-40(72-9)28-41(74-43(65)29-42(64)59-39-19-18-38(27-39)26-37-16-11-10-12-17-37)34(5)51(67)35(6)50(66)32(3)14-13-15-33(4)56(71)60-49(53(45)69)48(47)62-58/h10-17,20,25,31-32,34-35,38-41,43,50-51,65-69H,18-19,21-24,26-30H2,1-9H3,(H,59,64)(H,60,71)/b14-13+,25-20+,33-15-/t32?,34-,35+,38?,39?,40-,41+,43?,50-,51?,57?/m0/s1. The molecule has 75 heavy (non-hydrogen) atoms. The Balaban J connectivity index is 1.11. The van der Waals surface area contributed by atoms with E-state index in [-0.39, 0.29) is 80.2 Å². The fraction of sp³-hybridized carbons (Fsp3) is 0.569. The van der Waals surface area contributed by atoms with Gasteiger partial charge in [0.2, 0.25) is 5.91 Å². The molecule has 9 rings (SSSR count). The van der Waals surface area contributed by atoms with E-state index in [0.717, 1.165) is 32.2 Å². The van der Waals surface area contributed by atoms with Gasteiger partial charge in [-0.2, -0.15) is 0 Å². The maximum absolute atomic E-state index is 14.9. The van der Waals surface area contributed by atoms with Crippen LogP contribution in [0.4, 0.5) is 5.69 Å². The van der Waals surface area contributed by atoms with Crippen LogP contribution in [0.5, 0.6) is 17.2 Å². The summed E-state index contributed by atoms with van der Waals surface area (Å²) in [6.07, 6.45) is 6.40. The highest BCUT2D eigenvalue weighted by Crippen LogP contribution is 2.50. The van der Waals surface area contributed by atoms with E-state index in [9.17, 15) is 39.9 Å². The fourth-order valence-electron chi connectivity index (χ4n) is 11.6. The second kappa shape index (κ2) is 22.9. The van der Waals surface area contributed by atoms with E-state index < -0.39 is 77.3 Å². The Morgan fingerprint density at radius 3 is 2.35 bits per heavy atom. The monoisotopic (exact) mass is 1040 g/mol. The van der Waals surface area contributed by atoms with Crippen LogP contribution in [-0.2, 0) is 30.2 Å². The summed E-state index contributed by atoms with van der Waals surface area (Å²) in [6, 6.07) is 10.2. The van der Waals surface area contributed by atoms with Gasteiger partial charge in [-0.3, -0.25) is 24.4 Å². The fourth-order valence-corrected chi connectivity index (χ4v) is 11.6. The van der Waals surface area contributed by atoms with Gasteiger partial charge in [0, 0.05) is 93.2 Å². The quantitative estimate of drug-likeness (QED) is 0.0886. The van der Waals surface area contributed by atoms with Crippen LogP contribution in [0.3, 0.4) is 0 Å². The molecule has 3 aromatic carbocycles. The maximum Gasteiger partial charge on any atom is 0.312 e. The molecule has 11 atom stereocenters. The van der Waals surface area contributed by atoms with Crippen molar-refractivity contribution >= 4 is 34.1 Å². The lowest BCUT2D eigenvalue weighted by Crippen LogP contribution is -2.44. The number of piperidine rings is 1. The molecule has 6 unspecified atom stereocenters. The molecule has 1 spiro atoms. The molecule has 0 radical (unpaired) electrons. The normalized spacial score (nSPS) is 31.2. The minimum atomic E-state index is -2.00. The van der Waals surface area contributed by atoms with Gasteiger partial charge >= 0.3 is 5.79 Å². The second-order valence-corrected chi connectivity index (χ2v) is 22.3. The number of likely N-dealkylation sites (tertiary alicyclic amines) is 1. The lowest BCUT2D eigenvalue weighted by molar-refractivity contribution is -0.179. The van der Waals surface area contributed by atoms with E-state index in [0.29, 0.717) is 37.8 Å². The number of phenolic OH excluding ortho intramolecular Hbond substituents is 2. The van der Waals surface area contributed by atoms with Crippen molar-refractivity contribution in [3.05, 3.63) is 93.9 Å². The number of phenols is 2. The summed E-state index contributed by atoms with van der Waals surface area (Å²) >= 11 is 0. The number of nitrogens with zero attached hydrogens (tertiary/aromatic N) is 3. The van der Waals surface area contributed by atoms with Gasteiger partial charge < -0.3 is 60.0 Å². The molecule has 3 aromatic rings. The second-order valence-electron chi connectivity index (χ2n) is 22.3. The highest BCUT2D eigenvalue weighted by Gasteiger charge is 2.50. The lowest BCUT2D eigenvalue weighted by atomic mass is 9.81. The van der Waals surface area contributed by atoms with Crippen molar-refractivity contribution in [3.63, 3.8) is 0 Å². The van der Waals surface area contributed by atoms with Crippen LogP contribution in [0, 0.1) is 36.5 Å². The SMILES string of the molecule is CO[C@H]1/C=C/OC2(C)Oc3c(C)c(O)c4c(O)c(c5c(c4c3C2=O)=NC2(CCN(CC(C)C)CC2)N=5)NC(=O)/C(C)=C\C=C\C(C)[C@H](O)[C@@H](C)C(O)[C@@H](C)[C@H](OC(O)CC(=O)NC2CCC(Cc3ccccc3)C2)C1. The van der Waals surface area contributed by atoms with Crippen molar-refractivity contribution in [3.8, 4) is 17.2 Å². The van der Waals surface area contributed by atoms with E-state index in [1.165, 1.54) is 31.9 Å². The molecule has 2 amide bonds. The van der Waals surface area contributed by atoms with Crippen LogP contribution < -0.4 is 26.1 Å². The number of fused-ring (bicyclic) bond motifs is 13. The first-order valence-corrected chi connectivity index (χ1v) is 26.7. The number of Topliss-reactive ketones (excluding diaryl/α,β-unsaturated/α-hetero) is 1. The van der Waals surface area contributed by atoms with Crippen molar-refractivity contribution in [1.82, 2.24) is 10.2 Å². The number of ether oxygens (including phenoxy) is 4. The molecule has 17 heteroatoms. The minimum Gasteiger partial charge on any atom is -0.507 e. The molecule has 5 heterocycles. The first kappa shape index (κ1) is 55.5. The van der Waals surface area contributed by atoms with E-state index in [2.05, 4.69) is 41.5 Å². The Morgan fingerprint density at radius 1 is 0.947 bits per heavy atom. The summed E-state index contributed by atoms with van der Waals surface area (Å²) in [4.78, 5) is 55.1. The average Bonchev–Trinajstić information content (AvgIpc) is 4.12. The van der Waals surface area contributed by atoms with Gasteiger partial charge in [0.05, 0.1) is 53.4 Å². The third-order valence-electron chi connectivity index (χ3n) is 16.1. The first-order valence-electron chi connectivity index (χ1n) is 26.7. The highest BCUT2D eigenvalue weighted by atomic mass is 16.7. The maximum atomic E-state index is 14.9. The van der Waals surface area contributed by atoms with Gasteiger partial charge in [-0.15, -0.1) is 0 Å². The van der Waals surface area contributed by atoms with Crippen LogP contribution >= 0.6 is 0 Å². The molecule has 1 saturated heterocycles. The Bertz CT molecular complexity index is 2840. The molecule has 406 valence electrons. The van der Waals surface area contributed by atoms with E-state index in [4.69, 9.17) is 28.9 Å². The molecule has 17 nitrogen and oxygen atoms in total. The van der Waals surface area contributed by atoms with Gasteiger partial charge in [-0.25, -0.2) is 0 Å². The molecule has 0 aromatic heterocycles. The molecule has 7 N–H and O–H groups in total. The minimum absolute atomic E-state index is 0.0208. The van der Waals surface area contributed by atoms with Gasteiger partial charge in [0.15, 0.2) is 17.7 Å². The predicted octanol–water partition coefficient (Wildman–Crippen LogP) is 6.19. The number of aromatic hydroxyl groups is 2. The van der Waals surface area contributed by atoms with Crippen LogP contribution in [0.1, 0.15) is 115 Å². The number of aliphatic hydroxyl groups excluding tert-OH is 3. The van der Waals surface area contributed by atoms with Crippen LogP contribution in [-0.4, -0.2) is 123 Å². The third kappa shape index (κ3) is 11.8. The molecule has 5 bridgehead atoms. The number of nitrogens with one attached hydrogen (secondary N) is 2. The Labute approximate surface area is 439 Å². The van der Waals surface area contributed by atoms with Crippen molar-refractivity contribution in [1.29, 1.82) is 0 Å². The van der Waals surface area contributed by atoms with Crippen LogP contribution in [0.25, 0.3) is 10.8 Å². The summed E-state index contributed by atoms with van der Waals surface area (Å²) < 4.78 is 24.6. The van der Waals surface area contributed by atoms with E-state index in [1.54, 1.807) is 52.8 Å². The smallest absolute Gasteiger partial charge is 0.312 e. The number of hydrogen-bond acceptors (Lipinski definition) is 15. The molecule has 5 aliphatic heterocycles. The summed E-state index contributed by atoms with van der Waals surface area (Å²) in [5.41, 5.74) is 0.606. The molecule has 1 saturated carbocycles. The number of hydrogen-bond donors (Lipinski definition) is 7. The third-order valence-corrected chi connectivity index (χ3v) is 16.1. The van der Waals surface area contributed by atoms with Gasteiger partial charge in [0.1, 0.15) is 22.5 Å². The number of allylic oxidation sites excluding steroid dienone is 2. The number of rotatable bonds is 10. The Kier molecular flexibility index (Phi) is 16.9. The number of carbonyl (C=O) groups excluding carboxylic acids is 3. The number of ketones is 1. The average molecular weight is 1040 g/mol. The number of methoxy groups -OCH3 is 1. The summed E-state index contributed by atoms with van der Waals surface area (Å²) in [6.45, 7) is 16.4. The Hall–Kier alpha value is -5.69. The lowest BCUT2D eigenvalue weighted by Gasteiger charge is -2.36. The predicted molar refractivity (Wildman–Crippen MR) is 283 cm³/mol. The summed E-state index contributed by atoms with van der Waals surface area (Å²) in [5.74, 6) is -5.55. The number of aliphatic hydroxyl groups is 3. The van der Waals surface area contributed by atoms with Crippen LogP contribution in [0.2, 0.25) is 0 Å². The van der Waals surface area contributed by atoms with Crippen molar-refractivity contribution < 1.29 is 58.9 Å². The first-order chi connectivity index (χ1) is 35.6. The highest BCUT2D eigenvalue weighted by molar-refractivity contribution is 6.19. The largest absolute Gasteiger partial charge is 0.507 e. The number of anilines is 1. The molecule has 1 aliphatic carbocycles. The zero-order valence-corrected chi connectivity index (χ0v) is 44.8. The van der Waals surface area contributed by atoms with Crippen LogP contribution in [0.15, 0.2) is 76.5 Å². The van der Waals surface area contributed by atoms with Crippen molar-refractivity contribution in [2.75, 3.05) is 32.1 Å². The molecule has 2 fully saturated rings. The topological polar surface area (TPSA) is 241 Å². The van der Waals surface area contributed by atoms with Gasteiger partial charge in [-0.1, -0.05) is 83.2 Å². The van der Waals surface area contributed by atoms with E-state index in [1.807, 2.05) is 18.2 Å². The zero-order chi connectivity index (χ0) is 54.1. The van der Waals surface area contributed by atoms with Crippen molar-refractivity contribution in [2.45, 2.75) is 155 Å². The number of benzene rings is 3. The summed E-state index contributed by atoms with van der Waals surface area (Å²) in [5, 5.41) is 65.4. The van der Waals surface area contributed by atoms with Gasteiger partial charge in [-0.05, 0) is 63.0 Å². The zero-order valence-electron chi connectivity index (χ0n) is 44.8. The van der Waals surface area contributed by atoms with E-state index >= 15 is 0 Å². The van der Waals surface area contributed by atoms with Crippen molar-refractivity contribution in [2.24, 2.45) is 39.6 Å². The molecular weight excluding hydrogens is 959 g/mol. The van der Waals surface area contributed by atoms with Gasteiger partial charge in [0.25, 0.3) is 11.7 Å². The number of carbonyl (C=O) groups is 3. The molecular formula is C58H77N5O12. The molecule has 6 aliphatic rings. The Morgan fingerprint density at radius 2 is 1.65 bits per heavy atom. The summed E-state index contributed by atoms with van der Waals surface area (Å²) in [7, 11) is 1.46.